The van der Waals surface area contributed by atoms with Crippen LogP contribution in [0.1, 0.15) is 65.7 Å². The first-order valence-electron chi connectivity index (χ1n) is 9.61. The van der Waals surface area contributed by atoms with Crippen molar-refractivity contribution in [3.8, 4) is 0 Å². The largest absolute Gasteiger partial charge is 0.379 e. The highest BCUT2D eigenvalue weighted by atomic mass is 16.5. The summed E-state index contributed by atoms with van der Waals surface area (Å²) in [6.45, 7) is 7.12. The van der Waals surface area contributed by atoms with E-state index in [1.54, 1.807) is 0 Å². The molecule has 6 heteroatoms. The van der Waals surface area contributed by atoms with Gasteiger partial charge in [-0.25, -0.2) is 0 Å². The van der Waals surface area contributed by atoms with Gasteiger partial charge in [0.05, 0.1) is 13.2 Å². The Morgan fingerprint density at radius 1 is 1.00 bits per heavy atom. The number of Topliss-reactive ketones (excluding diaryl/α,β-unsaturated/α-hetero) is 1. The molecule has 144 valence electrons. The minimum atomic E-state index is -0.00588. The number of rotatable bonds is 11. The molecule has 2 amide bonds. The van der Waals surface area contributed by atoms with E-state index in [0.717, 1.165) is 32.1 Å². The first-order valence-corrected chi connectivity index (χ1v) is 9.61. The molecule has 0 bridgehead atoms. The van der Waals surface area contributed by atoms with Crippen LogP contribution in [0.5, 0.6) is 0 Å². The molecule has 0 spiro atoms. The molecule has 1 aliphatic rings. The molecule has 0 atom stereocenters. The zero-order valence-corrected chi connectivity index (χ0v) is 15.9. The Bertz CT molecular complexity index is 429. The standard InChI is InChI=1S/C19H34N2O4/c1-4-5-17(22)20-11-13-25-12-10-18(23)21-16-8-6-15(7-9-16)19(24)14(2)3/h14-16H,4-13H2,1-3H3,(H,20,22)(H,21,23). The number of hydrogen-bond donors (Lipinski definition) is 2. The fourth-order valence-corrected chi connectivity index (χ4v) is 3.14. The van der Waals surface area contributed by atoms with Gasteiger partial charge in [-0.15, -0.1) is 0 Å². The summed E-state index contributed by atoms with van der Waals surface area (Å²) in [6, 6.07) is 0.178. The molecule has 0 radical (unpaired) electrons. The number of ketones is 1. The van der Waals surface area contributed by atoms with Gasteiger partial charge in [-0.3, -0.25) is 14.4 Å². The summed E-state index contributed by atoms with van der Waals surface area (Å²) >= 11 is 0. The van der Waals surface area contributed by atoms with Crippen molar-refractivity contribution in [2.24, 2.45) is 11.8 Å². The SMILES string of the molecule is CCCC(=O)NCCOCCC(=O)NC1CCC(C(=O)C(C)C)CC1. The van der Waals surface area contributed by atoms with Gasteiger partial charge in [-0.2, -0.15) is 0 Å². The van der Waals surface area contributed by atoms with E-state index in [2.05, 4.69) is 10.6 Å². The number of amides is 2. The van der Waals surface area contributed by atoms with E-state index in [1.165, 1.54) is 0 Å². The smallest absolute Gasteiger partial charge is 0.222 e. The molecule has 1 fully saturated rings. The van der Waals surface area contributed by atoms with Crippen LogP contribution in [0.3, 0.4) is 0 Å². The van der Waals surface area contributed by atoms with Gasteiger partial charge in [0.2, 0.25) is 11.8 Å². The van der Waals surface area contributed by atoms with Crippen LogP contribution in [0.25, 0.3) is 0 Å². The quantitative estimate of drug-likeness (QED) is 0.557. The van der Waals surface area contributed by atoms with Crippen LogP contribution in [0.4, 0.5) is 0 Å². The molecule has 0 saturated heterocycles. The van der Waals surface area contributed by atoms with Crippen LogP contribution in [0, 0.1) is 11.8 Å². The summed E-state index contributed by atoms with van der Waals surface area (Å²) in [6.07, 6.45) is 5.19. The Hall–Kier alpha value is -1.43. The maximum Gasteiger partial charge on any atom is 0.222 e. The van der Waals surface area contributed by atoms with E-state index in [9.17, 15) is 14.4 Å². The molecule has 2 N–H and O–H groups in total. The average Bonchev–Trinajstić information content (AvgIpc) is 2.58. The van der Waals surface area contributed by atoms with Crippen LogP contribution in [-0.2, 0) is 19.1 Å². The Labute approximate surface area is 151 Å². The van der Waals surface area contributed by atoms with Crippen LogP contribution in [0.2, 0.25) is 0 Å². The van der Waals surface area contributed by atoms with Crippen LogP contribution < -0.4 is 10.6 Å². The summed E-state index contributed by atoms with van der Waals surface area (Å²) in [5, 5.41) is 5.80. The molecule has 25 heavy (non-hydrogen) atoms. The topological polar surface area (TPSA) is 84.5 Å². The predicted molar refractivity (Wildman–Crippen MR) is 97.1 cm³/mol. The number of carbonyl (C=O) groups excluding carboxylic acids is 3. The summed E-state index contributed by atoms with van der Waals surface area (Å²) in [5.41, 5.74) is 0. The third kappa shape index (κ3) is 9.00. The molecule has 0 aromatic carbocycles. The third-order valence-electron chi connectivity index (χ3n) is 4.58. The highest BCUT2D eigenvalue weighted by Gasteiger charge is 2.28. The molecule has 1 saturated carbocycles. The van der Waals surface area contributed by atoms with Crippen molar-refractivity contribution in [2.45, 2.75) is 71.8 Å². The van der Waals surface area contributed by atoms with Gasteiger partial charge in [-0.1, -0.05) is 20.8 Å². The molecule has 1 aliphatic carbocycles. The Morgan fingerprint density at radius 2 is 1.68 bits per heavy atom. The van der Waals surface area contributed by atoms with Crippen molar-refractivity contribution < 1.29 is 19.1 Å². The highest BCUT2D eigenvalue weighted by molar-refractivity contribution is 5.83. The van der Waals surface area contributed by atoms with Crippen molar-refractivity contribution in [3.05, 3.63) is 0 Å². The first kappa shape index (κ1) is 21.6. The number of carbonyl (C=O) groups is 3. The summed E-state index contributed by atoms with van der Waals surface area (Å²) in [7, 11) is 0. The predicted octanol–water partition coefficient (Wildman–Crippen LogP) is 2.21. The van der Waals surface area contributed by atoms with E-state index in [-0.39, 0.29) is 29.7 Å². The zero-order chi connectivity index (χ0) is 18.7. The maximum atomic E-state index is 12.0. The number of ether oxygens (including phenoxy) is 1. The second-order valence-corrected chi connectivity index (χ2v) is 7.14. The normalized spacial score (nSPS) is 20.3. The molecule has 0 aliphatic heterocycles. The van der Waals surface area contributed by atoms with Crippen molar-refractivity contribution in [3.63, 3.8) is 0 Å². The fraction of sp³-hybridized carbons (Fsp3) is 0.842. The van der Waals surface area contributed by atoms with E-state index in [1.807, 2.05) is 20.8 Å². The molecule has 6 nitrogen and oxygen atoms in total. The fourth-order valence-electron chi connectivity index (χ4n) is 3.14. The van der Waals surface area contributed by atoms with Crippen LogP contribution >= 0.6 is 0 Å². The number of hydrogen-bond acceptors (Lipinski definition) is 4. The second kappa shape index (κ2) is 12.0. The molecule has 1 rings (SSSR count). The molecule has 0 unspecified atom stereocenters. The summed E-state index contributed by atoms with van der Waals surface area (Å²) in [5.74, 6) is 0.646. The van der Waals surface area contributed by atoms with E-state index in [4.69, 9.17) is 4.74 Å². The molecular formula is C19H34N2O4. The lowest BCUT2D eigenvalue weighted by molar-refractivity contribution is -0.127. The minimum Gasteiger partial charge on any atom is -0.379 e. The van der Waals surface area contributed by atoms with Crippen LogP contribution in [-0.4, -0.2) is 43.4 Å². The van der Waals surface area contributed by atoms with Crippen molar-refractivity contribution >= 4 is 17.6 Å². The van der Waals surface area contributed by atoms with Gasteiger partial charge in [0.1, 0.15) is 5.78 Å². The number of nitrogens with one attached hydrogen (secondary N) is 2. The van der Waals surface area contributed by atoms with Gasteiger partial charge in [0, 0.05) is 37.3 Å². The second-order valence-electron chi connectivity index (χ2n) is 7.14. The lowest BCUT2D eigenvalue weighted by atomic mass is 9.80. The maximum absolute atomic E-state index is 12.0. The van der Waals surface area contributed by atoms with Crippen molar-refractivity contribution in [1.82, 2.24) is 10.6 Å². The minimum absolute atomic E-state index is 0.00588. The van der Waals surface area contributed by atoms with Gasteiger partial charge in [0.25, 0.3) is 0 Å². The summed E-state index contributed by atoms with van der Waals surface area (Å²) in [4.78, 5) is 35.2. The first-order chi connectivity index (χ1) is 11.9. The Morgan fingerprint density at radius 3 is 2.28 bits per heavy atom. The van der Waals surface area contributed by atoms with E-state index in [0.29, 0.717) is 38.4 Å². The van der Waals surface area contributed by atoms with Crippen molar-refractivity contribution in [2.75, 3.05) is 19.8 Å². The average molecular weight is 354 g/mol. The molecule has 0 heterocycles. The van der Waals surface area contributed by atoms with Crippen LogP contribution in [0.15, 0.2) is 0 Å². The lowest BCUT2D eigenvalue weighted by Gasteiger charge is -2.29. The summed E-state index contributed by atoms with van der Waals surface area (Å²) < 4.78 is 5.38. The van der Waals surface area contributed by atoms with E-state index < -0.39 is 0 Å². The molecule has 0 aromatic rings. The van der Waals surface area contributed by atoms with Gasteiger partial charge in [-0.05, 0) is 32.1 Å². The monoisotopic (exact) mass is 354 g/mol. The Balaban J connectivity index is 2.06. The molecule has 0 aromatic heterocycles. The Kier molecular flexibility index (Phi) is 10.4. The lowest BCUT2D eigenvalue weighted by Crippen LogP contribution is -2.39. The third-order valence-corrected chi connectivity index (χ3v) is 4.58. The van der Waals surface area contributed by atoms with E-state index >= 15 is 0 Å². The molecular weight excluding hydrogens is 320 g/mol. The van der Waals surface area contributed by atoms with Gasteiger partial charge >= 0.3 is 0 Å². The highest BCUT2D eigenvalue weighted by Crippen LogP contribution is 2.27. The van der Waals surface area contributed by atoms with Gasteiger partial charge < -0.3 is 15.4 Å². The zero-order valence-electron chi connectivity index (χ0n) is 15.9. The van der Waals surface area contributed by atoms with Crippen molar-refractivity contribution in [1.29, 1.82) is 0 Å². The van der Waals surface area contributed by atoms with Gasteiger partial charge in [0.15, 0.2) is 0 Å².